The molecule has 0 heterocycles. The minimum Gasteiger partial charge on any atom is -0.0887 e. The minimum absolute atomic E-state index is 0.330. The first-order chi connectivity index (χ1) is 13.0. The van der Waals surface area contributed by atoms with Crippen LogP contribution in [0.15, 0.2) is 30.3 Å². The fraction of sp³-hybridized carbons (Fsp3) is 0.692. The highest BCUT2D eigenvalue weighted by Crippen LogP contribution is 2.64. The van der Waals surface area contributed by atoms with E-state index in [9.17, 15) is 0 Å². The minimum atomic E-state index is 0.330. The first-order valence-electron chi connectivity index (χ1n) is 11.4. The molecule has 0 amide bonds. The summed E-state index contributed by atoms with van der Waals surface area (Å²) in [6, 6.07) is 9.10. The van der Waals surface area contributed by atoms with E-state index in [0.29, 0.717) is 11.3 Å². The molecule has 0 aromatic heterocycles. The van der Waals surface area contributed by atoms with Gasteiger partial charge in [-0.2, -0.15) is 0 Å². The third kappa shape index (κ3) is 2.82. The molecule has 8 unspecified atom stereocenters. The summed E-state index contributed by atoms with van der Waals surface area (Å²) < 4.78 is 0. The van der Waals surface area contributed by atoms with E-state index in [4.69, 9.17) is 0 Å². The quantitative estimate of drug-likeness (QED) is 0.425. The normalized spacial score (nSPS) is 43.3. The van der Waals surface area contributed by atoms with Crippen LogP contribution in [0.1, 0.15) is 76.3 Å². The number of rotatable bonds is 2. The summed E-state index contributed by atoms with van der Waals surface area (Å²) in [4.78, 5) is 0.763. The fourth-order valence-electron chi connectivity index (χ4n) is 8.25. The van der Waals surface area contributed by atoms with E-state index in [-0.39, 0.29) is 0 Å². The van der Waals surface area contributed by atoms with Crippen molar-refractivity contribution in [3.05, 3.63) is 41.5 Å². The molecular formula is C26H35Br. The van der Waals surface area contributed by atoms with Crippen molar-refractivity contribution >= 4 is 22.0 Å². The zero-order valence-corrected chi connectivity index (χ0v) is 18.8. The van der Waals surface area contributed by atoms with Crippen molar-refractivity contribution < 1.29 is 0 Å². The van der Waals surface area contributed by atoms with Crippen LogP contribution in [0.5, 0.6) is 0 Å². The van der Waals surface area contributed by atoms with Crippen molar-refractivity contribution in [1.29, 1.82) is 0 Å². The maximum Gasteiger partial charge on any atom is 0.0179 e. The zero-order chi connectivity index (χ0) is 18.8. The van der Waals surface area contributed by atoms with E-state index >= 15 is 0 Å². The first kappa shape index (κ1) is 18.5. The lowest BCUT2D eigenvalue weighted by molar-refractivity contribution is 0.0290. The Kier molecular flexibility index (Phi) is 4.62. The Bertz CT molecular complexity index is 731. The van der Waals surface area contributed by atoms with Crippen LogP contribution in [-0.4, -0.2) is 4.83 Å². The molecule has 0 N–H and O–H groups in total. The van der Waals surface area contributed by atoms with Crippen LogP contribution in [0, 0.1) is 40.9 Å². The molecule has 5 rings (SSSR count). The van der Waals surface area contributed by atoms with E-state index < -0.39 is 0 Å². The third-order valence-electron chi connectivity index (χ3n) is 9.11. The van der Waals surface area contributed by atoms with Crippen LogP contribution < -0.4 is 0 Å². The smallest absolute Gasteiger partial charge is 0.0179 e. The molecule has 4 aliphatic rings. The number of hydrogen-bond acceptors (Lipinski definition) is 0. The van der Waals surface area contributed by atoms with Crippen molar-refractivity contribution in [1.82, 2.24) is 0 Å². The van der Waals surface area contributed by atoms with Gasteiger partial charge in [-0.25, -0.2) is 0 Å². The molecule has 3 fully saturated rings. The molecule has 27 heavy (non-hydrogen) atoms. The van der Waals surface area contributed by atoms with Gasteiger partial charge in [-0.15, -0.1) is 0 Å². The predicted octanol–water partition coefficient (Wildman–Crippen LogP) is 7.69. The van der Waals surface area contributed by atoms with E-state index in [1.54, 1.807) is 5.56 Å². The van der Waals surface area contributed by atoms with Gasteiger partial charge in [0.25, 0.3) is 0 Å². The maximum absolute atomic E-state index is 4.18. The van der Waals surface area contributed by atoms with Crippen LogP contribution in [-0.2, 0) is 0 Å². The van der Waals surface area contributed by atoms with Gasteiger partial charge in [0, 0.05) is 10.7 Å². The molecule has 0 saturated heterocycles. The van der Waals surface area contributed by atoms with Gasteiger partial charge in [-0.3, -0.25) is 0 Å². The average molecular weight is 427 g/mol. The maximum atomic E-state index is 4.18. The van der Waals surface area contributed by atoms with Crippen LogP contribution in [0.2, 0.25) is 0 Å². The largest absolute Gasteiger partial charge is 0.0887 e. The van der Waals surface area contributed by atoms with Gasteiger partial charge < -0.3 is 0 Å². The first-order valence-corrected chi connectivity index (χ1v) is 12.3. The second-order valence-electron chi connectivity index (χ2n) is 10.7. The third-order valence-corrected chi connectivity index (χ3v) is 10.2. The van der Waals surface area contributed by atoms with E-state index in [0.717, 1.165) is 40.3 Å². The van der Waals surface area contributed by atoms with Crippen molar-refractivity contribution in [2.24, 2.45) is 40.9 Å². The SMILES string of the molecule is CC1CC2C3CCCCC3C(Br)CC2C1C(C)(C)C1C=Cc2ccccc21. The van der Waals surface area contributed by atoms with Crippen molar-refractivity contribution in [3.8, 4) is 0 Å². The lowest BCUT2D eigenvalue weighted by atomic mass is 9.56. The number of fused-ring (bicyclic) bond motifs is 4. The molecule has 1 heteroatoms. The van der Waals surface area contributed by atoms with Crippen LogP contribution >= 0.6 is 15.9 Å². The fourth-order valence-corrected chi connectivity index (χ4v) is 9.34. The number of alkyl halides is 1. The highest BCUT2D eigenvalue weighted by atomic mass is 79.9. The van der Waals surface area contributed by atoms with Gasteiger partial charge in [-0.1, -0.05) is 86.0 Å². The number of allylic oxidation sites excluding steroid dienone is 1. The molecule has 3 saturated carbocycles. The molecular weight excluding hydrogens is 392 g/mol. The van der Waals surface area contributed by atoms with Gasteiger partial charge in [-0.05, 0) is 77.7 Å². The molecule has 4 aliphatic carbocycles. The highest BCUT2D eigenvalue weighted by molar-refractivity contribution is 9.09. The monoisotopic (exact) mass is 426 g/mol. The van der Waals surface area contributed by atoms with E-state index in [2.05, 4.69) is 73.1 Å². The second kappa shape index (κ2) is 6.75. The Balaban J connectivity index is 1.47. The van der Waals surface area contributed by atoms with Gasteiger partial charge in [0.15, 0.2) is 0 Å². The summed E-state index contributed by atoms with van der Waals surface area (Å²) in [5, 5.41) is 0. The highest BCUT2D eigenvalue weighted by Gasteiger charge is 2.56. The van der Waals surface area contributed by atoms with Crippen molar-refractivity contribution in [3.63, 3.8) is 0 Å². The van der Waals surface area contributed by atoms with Crippen molar-refractivity contribution in [2.45, 2.75) is 70.0 Å². The van der Waals surface area contributed by atoms with E-state index in [1.165, 1.54) is 44.1 Å². The molecule has 0 bridgehead atoms. The van der Waals surface area contributed by atoms with Crippen molar-refractivity contribution in [2.75, 3.05) is 0 Å². The summed E-state index contributed by atoms with van der Waals surface area (Å²) in [5.41, 5.74) is 3.35. The molecule has 1 aromatic carbocycles. The Morgan fingerprint density at radius 2 is 1.67 bits per heavy atom. The van der Waals surface area contributed by atoms with E-state index in [1.807, 2.05) is 0 Å². The summed E-state index contributed by atoms with van der Waals surface area (Å²) >= 11 is 4.18. The lowest BCUT2D eigenvalue weighted by Crippen LogP contribution is -2.44. The Morgan fingerprint density at radius 1 is 0.926 bits per heavy atom. The van der Waals surface area contributed by atoms with Gasteiger partial charge in [0.1, 0.15) is 0 Å². The standard InChI is InChI=1S/C26H35Br/c1-16-14-21-19-10-6-7-11-20(19)24(27)15-22(21)25(16)26(2,3)23-13-12-17-8-4-5-9-18(17)23/h4-5,8-9,12-13,16,19-25H,6-7,10-11,14-15H2,1-3H3. The Labute approximate surface area is 174 Å². The molecule has 0 aliphatic heterocycles. The number of hydrogen-bond donors (Lipinski definition) is 0. The van der Waals surface area contributed by atoms with Crippen LogP contribution in [0.4, 0.5) is 0 Å². The molecule has 1 aromatic rings. The van der Waals surface area contributed by atoms with Gasteiger partial charge in [0.05, 0.1) is 0 Å². The van der Waals surface area contributed by atoms with Crippen LogP contribution in [0.25, 0.3) is 6.08 Å². The zero-order valence-electron chi connectivity index (χ0n) is 17.2. The Morgan fingerprint density at radius 3 is 2.48 bits per heavy atom. The average Bonchev–Trinajstić information content (AvgIpc) is 3.23. The molecule has 0 nitrogen and oxygen atoms in total. The predicted molar refractivity (Wildman–Crippen MR) is 119 cm³/mol. The van der Waals surface area contributed by atoms with Gasteiger partial charge >= 0.3 is 0 Å². The van der Waals surface area contributed by atoms with Gasteiger partial charge in [0.2, 0.25) is 0 Å². The molecule has 8 atom stereocenters. The lowest BCUT2D eigenvalue weighted by Gasteiger charge is -2.50. The summed E-state index contributed by atoms with van der Waals surface area (Å²) in [6.45, 7) is 7.75. The Hall–Kier alpha value is -0.560. The molecule has 0 radical (unpaired) electrons. The number of halogens is 1. The molecule has 0 spiro atoms. The summed E-state index contributed by atoms with van der Waals surface area (Å²) in [6.07, 6.45) is 13.7. The topological polar surface area (TPSA) is 0 Å². The number of benzene rings is 1. The second-order valence-corrected chi connectivity index (χ2v) is 11.9. The molecule has 146 valence electrons. The summed E-state index contributed by atoms with van der Waals surface area (Å²) in [5.74, 6) is 6.14. The summed E-state index contributed by atoms with van der Waals surface area (Å²) in [7, 11) is 0. The van der Waals surface area contributed by atoms with Crippen LogP contribution in [0.3, 0.4) is 0 Å².